The Kier molecular flexibility index (Phi) is 15.9. The van der Waals surface area contributed by atoms with E-state index in [4.69, 9.17) is 49.1 Å². The summed E-state index contributed by atoms with van der Waals surface area (Å²) >= 11 is 12.6. The fraction of sp³-hybridized carbons (Fsp3) is 0.300. The van der Waals surface area contributed by atoms with Gasteiger partial charge in [-0.3, -0.25) is 19.4 Å². The smallest absolute Gasteiger partial charge is 0.267 e. The molecule has 14 nitrogen and oxygen atoms in total. The number of aromatic nitrogens is 1. The number of Topliss-reactive ketones (excluding diaryl/α,β-unsaturated/α-hetero) is 1. The summed E-state index contributed by atoms with van der Waals surface area (Å²) in [5, 5.41) is 26.0. The van der Waals surface area contributed by atoms with Gasteiger partial charge in [0.05, 0.1) is 57.7 Å². The molecule has 2 N–H and O–H groups in total. The second-order valence-corrected chi connectivity index (χ2v) is 15.0. The number of hydrogen-bond acceptors (Lipinski definition) is 12. The molecule has 0 saturated heterocycles. The minimum Gasteiger partial charge on any atom is -0.495 e. The van der Waals surface area contributed by atoms with E-state index < -0.39 is 22.5 Å². The number of pyridine rings is 1. The molecule has 0 fully saturated rings. The van der Waals surface area contributed by atoms with E-state index >= 15 is 0 Å². The second-order valence-electron chi connectivity index (χ2n) is 12.3. The van der Waals surface area contributed by atoms with Gasteiger partial charge in [0, 0.05) is 55.9 Å². The fourth-order valence-electron chi connectivity index (χ4n) is 5.49. The van der Waals surface area contributed by atoms with Crippen molar-refractivity contribution in [1.29, 1.82) is 10.5 Å². The number of nitrogens with zero attached hydrogens (tertiary/aromatic N) is 4. The Hall–Kier alpha value is -6.05. The van der Waals surface area contributed by atoms with Crippen molar-refractivity contribution in [2.24, 2.45) is 0 Å². The highest BCUT2D eigenvalue weighted by molar-refractivity contribution is 7.89. The monoisotopic (exact) mass is 832 g/mol. The van der Waals surface area contributed by atoms with Crippen LogP contribution in [0, 0.1) is 35.0 Å². The number of benzene rings is 3. The molecule has 17 heteroatoms. The molecule has 1 heterocycles. The summed E-state index contributed by atoms with van der Waals surface area (Å²) < 4.78 is 43.3. The first kappa shape index (κ1) is 43.7. The number of sulfonamides is 1. The lowest BCUT2D eigenvalue weighted by molar-refractivity contribution is -0.126. The van der Waals surface area contributed by atoms with Crippen LogP contribution in [0.1, 0.15) is 49.7 Å². The molecule has 0 saturated carbocycles. The van der Waals surface area contributed by atoms with Crippen LogP contribution >= 0.6 is 23.2 Å². The quantitative estimate of drug-likeness (QED) is 0.0558. The predicted molar refractivity (Wildman–Crippen MR) is 214 cm³/mol. The van der Waals surface area contributed by atoms with Crippen LogP contribution in [0.2, 0.25) is 10.0 Å². The van der Waals surface area contributed by atoms with Crippen molar-refractivity contribution in [3.8, 4) is 41.7 Å². The molecule has 0 atom stereocenters. The predicted octanol–water partition coefficient (Wildman–Crippen LogP) is 6.50. The highest BCUT2D eigenvalue weighted by Crippen LogP contribution is 2.40. The van der Waals surface area contributed by atoms with Gasteiger partial charge >= 0.3 is 0 Å². The van der Waals surface area contributed by atoms with E-state index in [9.17, 15) is 28.1 Å². The van der Waals surface area contributed by atoms with Crippen LogP contribution in [0.5, 0.6) is 17.2 Å². The van der Waals surface area contributed by atoms with Crippen LogP contribution in [0.3, 0.4) is 0 Å². The summed E-state index contributed by atoms with van der Waals surface area (Å²) in [6.45, 7) is -0.634. The summed E-state index contributed by atoms with van der Waals surface area (Å²) in [6.07, 6.45) is 8.03. The SMILES string of the molecule is C#CCCCC(=O)N(CC#N)S(=O)(=O)c1ccc(CCCNC(=O)CCC(=O)COc2cc3ncc(C#N)c(Nc4cc(OC)c(Cl)cc4Cl)c3cc2OC)cc1. The zero-order valence-electron chi connectivity index (χ0n) is 31.1. The van der Waals surface area contributed by atoms with Crippen molar-refractivity contribution >= 4 is 73.1 Å². The summed E-state index contributed by atoms with van der Waals surface area (Å²) in [5.41, 5.74) is 2.28. The number of ketones is 1. The third-order valence-corrected chi connectivity index (χ3v) is 10.9. The number of amides is 2. The van der Waals surface area contributed by atoms with Gasteiger partial charge in [0.25, 0.3) is 10.0 Å². The number of nitrogens with one attached hydrogen (secondary N) is 2. The van der Waals surface area contributed by atoms with Crippen LogP contribution in [-0.4, -0.2) is 69.2 Å². The Morgan fingerprint density at radius 2 is 1.67 bits per heavy atom. The average Bonchev–Trinajstić information content (AvgIpc) is 3.20. The van der Waals surface area contributed by atoms with E-state index in [0.717, 1.165) is 5.56 Å². The normalized spacial score (nSPS) is 10.8. The standard InChI is InChI=1S/C40H38Cl2N6O8S/c1-4-5-6-9-39(51)48(18-16-43)57(52,53)29-13-10-26(11-14-29)8-7-17-45-38(50)15-12-28(49)25-56-37-21-33-30(19-36(37)55-3)40(27(23-44)24-46-33)47-34-22-35(54-2)32(42)20-31(34)41/h1,10-11,13-14,19-22,24H,5-9,12,15,17-18,25H2,2-3H3,(H,45,50)(H,46,47). The molecule has 0 aliphatic heterocycles. The number of carbonyl (C=O) groups excluding carboxylic acids is 3. The van der Waals surface area contributed by atoms with Crippen LogP contribution < -0.4 is 24.8 Å². The molecule has 0 unspecified atom stereocenters. The molecule has 2 amide bonds. The number of ether oxygens (including phenoxy) is 3. The highest BCUT2D eigenvalue weighted by Gasteiger charge is 2.28. The first-order valence-corrected chi connectivity index (χ1v) is 19.6. The lowest BCUT2D eigenvalue weighted by Crippen LogP contribution is -2.37. The molecule has 57 heavy (non-hydrogen) atoms. The minimum atomic E-state index is -4.23. The van der Waals surface area contributed by atoms with Gasteiger partial charge in [-0.05, 0) is 49.1 Å². The maximum absolute atomic E-state index is 13.1. The molecule has 0 radical (unpaired) electrons. The van der Waals surface area contributed by atoms with Gasteiger partial charge in [-0.2, -0.15) is 10.5 Å². The van der Waals surface area contributed by atoms with Gasteiger partial charge < -0.3 is 24.8 Å². The highest BCUT2D eigenvalue weighted by atomic mass is 35.5. The minimum absolute atomic E-state index is 0.0597. The maximum Gasteiger partial charge on any atom is 0.267 e. The van der Waals surface area contributed by atoms with E-state index in [1.54, 1.807) is 36.4 Å². The van der Waals surface area contributed by atoms with Crippen LogP contribution in [0.15, 0.2) is 59.6 Å². The van der Waals surface area contributed by atoms with Crippen molar-refractivity contribution in [3.05, 3.63) is 75.9 Å². The Morgan fingerprint density at radius 1 is 0.930 bits per heavy atom. The maximum atomic E-state index is 13.1. The summed E-state index contributed by atoms with van der Waals surface area (Å²) in [5.74, 6) is 1.91. The number of methoxy groups -OCH3 is 2. The topological polar surface area (TPSA) is 201 Å². The number of unbranched alkanes of at least 4 members (excludes halogenated alkanes) is 1. The van der Waals surface area contributed by atoms with Gasteiger partial charge in [-0.1, -0.05) is 35.3 Å². The van der Waals surface area contributed by atoms with Crippen LogP contribution in [-0.2, 0) is 30.8 Å². The van der Waals surface area contributed by atoms with Crippen LogP contribution in [0.25, 0.3) is 10.9 Å². The van der Waals surface area contributed by atoms with E-state index in [-0.39, 0.29) is 59.5 Å². The van der Waals surface area contributed by atoms with Gasteiger partial charge in [0.15, 0.2) is 17.3 Å². The van der Waals surface area contributed by atoms with E-state index in [1.807, 2.05) is 0 Å². The van der Waals surface area contributed by atoms with Crippen molar-refractivity contribution < 1.29 is 37.0 Å². The third-order valence-electron chi connectivity index (χ3n) is 8.47. The first-order chi connectivity index (χ1) is 27.4. The summed E-state index contributed by atoms with van der Waals surface area (Å²) in [7, 11) is -1.34. The van der Waals surface area contributed by atoms with Gasteiger partial charge in [0.1, 0.15) is 25.0 Å². The molecule has 3 aromatic carbocycles. The van der Waals surface area contributed by atoms with Gasteiger partial charge in [-0.25, -0.2) is 12.7 Å². The lowest BCUT2D eigenvalue weighted by Gasteiger charge is -2.19. The molecule has 1 aromatic heterocycles. The zero-order valence-corrected chi connectivity index (χ0v) is 33.4. The van der Waals surface area contributed by atoms with Crippen molar-refractivity contribution in [2.75, 3.05) is 39.2 Å². The number of halogens is 2. The number of hydrogen-bond donors (Lipinski definition) is 2. The Bertz CT molecular complexity index is 2370. The number of terminal acetylenes is 1. The molecule has 0 aliphatic carbocycles. The largest absolute Gasteiger partial charge is 0.495 e. The van der Waals surface area contributed by atoms with E-state index in [1.165, 1.54) is 38.6 Å². The van der Waals surface area contributed by atoms with Gasteiger partial charge in [0.2, 0.25) is 11.8 Å². The van der Waals surface area contributed by atoms with Gasteiger partial charge in [-0.15, -0.1) is 12.3 Å². The van der Waals surface area contributed by atoms with Crippen LogP contribution in [0.4, 0.5) is 11.4 Å². The summed E-state index contributed by atoms with van der Waals surface area (Å²) in [6, 6.07) is 16.1. The average molecular weight is 834 g/mol. The van der Waals surface area contributed by atoms with Crippen molar-refractivity contribution in [3.63, 3.8) is 0 Å². The van der Waals surface area contributed by atoms with E-state index in [0.29, 0.717) is 74.6 Å². The Balaban J connectivity index is 1.28. The number of rotatable bonds is 20. The molecule has 4 rings (SSSR count). The number of anilines is 2. The van der Waals surface area contributed by atoms with Crippen molar-refractivity contribution in [1.82, 2.24) is 14.6 Å². The summed E-state index contributed by atoms with van der Waals surface area (Å²) in [4.78, 5) is 41.9. The fourth-order valence-corrected chi connectivity index (χ4v) is 7.32. The molecule has 0 bridgehead atoms. The third kappa shape index (κ3) is 11.5. The lowest BCUT2D eigenvalue weighted by atomic mass is 10.1. The number of nitriles is 2. The zero-order chi connectivity index (χ0) is 41.5. The second kappa shape index (κ2) is 20.7. The number of fused-ring (bicyclic) bond motifs is 1. The Morgan fingerprint density at radius 3 is 2.33 bits per heavy atom. The molecule has 0 aliphatic rings. The number of aryl methyl sites for hydroxylation is 1. The van der Waals surface area contributed by atoms with Crippen molar-refractivity contribution in [2.45, 2.75) is 49.8 Å². The number of carbonyl (C=O) groups is 3. The first-order valence-electron chi connectivity index (χ1n) is 17.4. The molecular weight excluding hydrogens is 795 g/mol. The molecule has 0 spiro atoms. The molecular formula is C40H38Cl2N6O8S. The van der Waals surface area contributed by atoms with E-state index in [2.05, 4.69) is 27.6 Å². The molecule has 4 aromatic rings. The molecule has 296 valence electrons. The Labute approximate surface area is 340 Å².